The van der Waals surface area contributed by atoms with Gasteiger partial charge < -0.3 is 15.1 Å². The van der Waals surface area contributed by atoms with E-state index in [9.17, 15) is 26.7 Å². The smallest absolute Gasteiger partial charge is 0.325 e. The third-order valence-electron chi connectivity index (χ3n) is 8.47. The Balaban J connectivity index is 0.00000115. The van der Waals surface area contributed by atoms with Crippen molar-refractivity contribution >= 4 is 23.8 Å². The first-order chi connectivity index (χ1) is 20.3. The minimum Gasteiger partial charge on any atom is -0.325 e. The molecule has 7 nitrogen and oxygen atoms in total. The molecular weight excluding hydrogens is 567 g/mol. The van der Waals surface area contributed by atoms with E-state index in [4.69, 9.17) is 10.8 Å². The van der Waals surface area contributed by atoms with Crippen molar-refractivity contribution in [1.29, 1.82) is 10.8 Å². The van der Waals surface area contributed by atoms with E-state index in [1.165, 1.54) is 36.1 Å². The Morgan fingerprint density at radius 3 is 2.35 bits per heavy atom. The first-order valence-corrected chi connectivity index (χ1v) is 14.6. The number of hydrogen-bond acceptors (Lipinski definition) is 5. The third kappa shape index (κ3) is 6.90. The molecule has 0 atom stereocenters. The second-order valence-corrected chi connectivity index (χ2v) is 12.0. The van der Waals surface area contributed by atoms with Crippen LogP contribution in [0.2, 0.25) is 0 Å². The SMILES string of the molecule is C1CC1.CN(C=N)C(=N)CC1(c2cccc(N3Cc4c(cc(CN5CCNCC5)cc4C(F)(F)F)C3=O)c2)CC(F)(F)C1. The lowest BCUT2D eigenvalue weighted by Gasteiger charge is -2.48. The molecule has 0 radical (unpaired) electrons. The number of piperazine rings is 1. The molecule has 1 saturated heterocycles. The van der Waals surface area contributed by atoms with Crippen molar-refractivity contribution in [2.24, 2.45) is 0 Å². The van der Waals surface area contributed by atoms with Crippen LogP contribution in [-0.2, 0) is 24.7 Å². The average Bonchev–Trinajstić information content (AvgIpc) is 3.80. The molecule has 2 heterocycles. The number of amides is 1. The summed E-state index contributed by atoms with van der Waals surface area (Å²) in [4.78, 5) is 18.1. The van der Waals surface area contributed by atoms with E-state index in [2.05, 4.69) is 5.32 Å². The van der Waals surface area contributed by atoms with Crippen LogP contribution in [0.15, 0.2) is 36.4 Å². The van der Waals surface area contributed by atoms with Crippen LogP contribution in [0.25, 0.3) is 0 Å². The number of alkyl halides is 5. The maximum absolute atomic E-state index is 14.2. The molecule has 232 valence electrons. The van der Waals surface area contributed by atoms with Crippen LogP contribution in [0.5, 0.6) is 0 Å². The summed E-state index contributed by atoms with van der Waals surface area (Å²) in [5.74, 6) is -3.49. The van der Waals surface area contributed by atoms with Gasteiger partial charge in [0.25, 0.3) is 5.91 Å². The normalized spacial score (nSPS) is 20.4. The second kappa shape index (κ2) is 12.0. The first-order valence-electron chi connectivity index (χ1n) is 14.6. The summed E-state index contributed by atoms with van der Waals surface area (Å²) in [6, 6.07) is 9.08. The van der Waals surface area contributed by atoms with Crippen molar-refractivity contribution in [1.82, 2.24) is 15.1 Å². The van der Waals surface area contributed by atoms with Gasteiger partial charge in [-0.1, -0.05) is 31.4 Å². The van der Waals surface area contributed by atoms with Gasteiger partial charge >= 0.3 is 6.18 Å². The zero-order valence-electron chi connectivity index (χ0n) is 24.2. The lowest BCUT2D eigenvalue weighted by Crippen LogP contribution is -2.51. The Morgan fingerprint density at radius 1 is 1.09 bits per heavy atom. The molecule has 12 heteroatoms. The number of amidine groups is 1. The Hall–Kier alpha value is -3.38. The van der Waals surface area contributed by atoms with Gasteiger partial charge in [0, 0.05) is 75.7 Å². The number of halogens is 5. The van der Waals surface area contributed by atoms with Crippen molar-refractivity contribution in [3.8, 4) is 0 Å². The van der Waals surface area contributed by atoms with Crippen LogP contribution in [0.1, 0.15) is 71.1 Å². The second-order valence-electron chi connectivity index (χ2n) is 12.0. The molecule has 0 aromatic heterocycles. The summed E-state index contributed by atoms with van der Waals surface area (Å²) >= 11 is 0. The van der Waals surface area contributed by atoms with Crippen molar-refractivity contribution in [2.75, 3.05) is 38.1 Å². The predicted molar refractivity (Wildman–Crippen MR) is 155 cm³/mol. The number of carbonyl (C=O) groups excluding carboxylic acids is 1. The molecule has 0 unspecified atom stereocenters. The Kier molecular flexibility index (Phi) is 8.63. The van der Waals surface area contributed by atoms with Gasteiger partial charge in [0.15, 0.2) is 0 Å². The van der Waals surface area contributed by atoms with Crippen LogP contribution in [0.4, 0.5) is 27.6 Å². The topological polar surface area (TPSA) is 86.5 Å². The Labute approximate surface area is 248 Å². The van der Waals surface area contributed by atoms with E-state index < -0.39 is 41.8 Å². The molecule has 0 spiro atoms. The molecular formula is C31H37F5N6O. The largest absolute Gasteiger partial charge is 0.416 e. The summed E-state index contributed by atoms with van der Waals surface area (Å²) < 4.78 is 70.8. The molecule has 3 N–H and O–H groups in total. The van der Waals surface area contributed by atoms with E-state index >= 15 is 0 Å². The Bertz CT molecular complexity index is 1370. The van der Waals surface area contributed by atoms with E-state index in [1.807, 2.05) is 4.90 Å². The van der Waals surface area contributed by atoms with Gasteiger partial charge in [-0.15, -0.1) is 0 Å². The van der Waals surface area contributed by atoms with E-state index in [1.54, 1.807) is 30.3 Å². The third-order valence-corrected chi connectivity index (χ3v) is 8.47. The highest BCUT2D eigenvalue weighted by Crippen LogP contribution is 2.56. The van der Waals surface area contributed by atoms with Crippen LogP contribution < -0.4 is 10.2 Å². The summed E-state index contributed by atoms with van der Waals surface area (Å²) in [7, 11) is 1.49. The van der Waals surface area contributed by atoms with Crippen LogP contribution >= 0.6 is 0 Å². The van der Waals surface area contributed by atoms with Crippen LogP contribution in [0.3, 0.4) is 0 Å². The number of nitrogens with one attached hydrogen (secondary N) is 3. The highest BCUT2D eigenvalue weighted by Gasteiger charge is 2.57. The zero-order valence-corrected chi connectivity index (χ0v) is 24.2. The number of nitrogens with zero attached hydrogens (tertiary/aromatic N) is 3. The summed E-state index contributed by atoms with van der Waals surface area (Å²) in [5, 5.41) is 18.8. The molecule has 2 aliphatic carbocycles. The number of rotatable bonds is 7. The van der Waals surface area contributed by atoms with Crippen molar-refractivity contribution < 1.29 is 26.7 Å². The van der Waals surface area contributed by atoms with Crippen LogP contribution in [-0.4, -0.2) is 67.0 Å². The molecule has 43 heavy (non-hydrogen) atoms. The molecule has 2 aliphatic heterocycles. The van der Waals surface area contributed by atoms with Gasteiger partial charge in [0.05, 0.1) is 18.4 Å². The lowest BCUT2D eigenvalue weighted by molar-refractivity contribution is -0.138. The minimum atomic E-state index is -4.65. The molecule has 2 aromatic rings. The molecule has 2 saturated carbocycles. The predicted octanol–water partition coefficient (Wildman–Crippen LogP) is 6.01. The summed E-state index contributed by atoms with van der Waals surface area (Å²) in [5.41, 5.74) is -0.787. The fourth-order valence-electron chi connectivity index (χ4n) is 6.04. The molecule has 3 fully saturated rings. The van der Waals surface area contributed by atoms with Crippen LogP contribution in [0, 0.1) is 10.8 Å². The van der Waals surface area contributed by atoms with Gasteiger partial charge in [-0.3, -0.25) is 20.5 Å². The maximum Gasteiger partial charge on any atom is 0.416 e. The lowest BCUT2D eigenvalue weighted by atomic mass is 9.60. The van der Waals surface area contributed by atoms with Crippen molar-refractivity contribution in [2.45, 2.75) is 69.1 Å². The van der Waals surface area contributed by atoms with Gasteiger partial charge in [-0.25, -0.2) is 8.78 Å². The molecule has 1 amide bonds. The number of benzene rings is 2. The number of hydrogen-bond donors (Lipinski definition) is 3. The van der Waals surface area contributed by atoms with Gasteiger partial charge in [-0.05, 0) is 41.0 Å². The zero-order chi connectivity index (χ0) is 31.0. The van der Waals surface area contributed by atoms with Crippen molar-refractivity contribution in [3.63, 3.8) is 0 Å². The number of carbonyl (C=O) groups is 1. The Morgan fingerprint density at radius 2 is 1.77 bits per heavy atom. The van der Waals surface area contributed by atoms with E-state index in [0.717, 1.165) is 25.5 Å². The average molecular weight is 605 g/mol. The van der Waals surface area contributed by atoms with Crippen molar-refractivity contribution in [3.05, 3.63) is 64.2 Å². The number of fused-ring (bicyclic) bond motifs is 1. The standard InChI is InChI=1S/C28H31F5N6O.C3H6/c1-37(17-34)24(35)12-26(15-27(29,30)16-26)19-3-2-4-20(11-19)39-14-22-21(25(39)40)9-18(10-23(22)28(31,32)33)13-38-7-5-36-6-8-38;1-2-3-1/h2-4,9-11,17,34-36H,5-8,12-16H2,1H3;1-3H2. The fourth-order valence-corrected chi connectivity index (χ4v) is 6.04. The summed E-state index contributed by atoms with van der Waals surface area (Å²) in [6.45, 7) is 2.89. The van der Waals surface area contributed by atoms with Gasteiger partial charge in [-0.2, -0.15) is 13.2 Å². The van der Waals surface area contributed by atoms with E-state index in [-0.39, 0.29) is 29.9 Å². The fraction of sp³-hybridized carbons (Fsp3) is 0.516. The minimum absolute atomic E-state index is 0.00430. The summed E-state index contributed by atoms with van der Waals surface area (Å²) in [6.07, 6.45) is -0.263. The monoisotopic (exact) mass is 604 g/mol. The highest BCUT2D eigenvalue weighted by molar-refractivity contribution is 6.10. The van der Waals surface area contributed by atoms with E-state index in [0.29, 0.717) is 36.4 Å². The molecule has 0 bridgehead atoms. The molecule has 4 aliphatic rings. The van der Waals surface area contributed by atoms with Gasteiger partial charge in [0.2, 0.25) is 5.92 Å². The molecule has 6 rings (SSSR count). The quantitative estimate of drug-likeness (QED) is 0.205. The highest BCUT2D eigenvalue weighted by atomic mass is 19.4. The molecule has 2 aromatic carbocycles. The maximum atomic E-state index is 14.2. The first kappa shape index (κ1) is 31.1. The number of anilines is 1. The van der Waals surface area contributed by atoms with Gasteiger partial charge in [0.1, 0.15) is 5.84 Å².